The number of nitrogens with zero attached hydrogens (tertiary/aromatic N) is 1. The van der Waals surface area contributed by atoms with E-state index in [1.165, 1.54) is 0 Å². The third kappa shape index (κ3) is 3.64. The summed E-state index contributed by atoms with van der Waals surface area (Å²) in [5, 5.41) is 5.58. The molecule has 17 heavy (non-hydrogen) atoms. The first kappa shape index (κ1) is 13.9. The quantitative estimate of drug-likeness (QED) is 0.845. The molecule has 0 aliphatic carbocycles. The molecular formula is C11H15ClFN3O. The van der Waals surface area contributed by atoms with Crippen molar-refractivity contribution < 1.29 is 9.18 Å². The number of pyridine rings is 1. The molecule has 1 aliphatic heterocycles. The van der Waals surface area contributed by atoms with Gasteiger partial charge in [0.25, 0.3) is 0 Å². The van der Waals surface area contributed by atoms with Gasteiger partial charge in [0.2, 0.25) is 5.91 Å². The van der Waals surface area contributed by atoms with Crippen LogP contribution in [0.5, 0.6) is 0 Å². The van der Waals surface area contributed by atoms with Gasteiger partial charge in [-0.15, -0.1) is 12.4 Å². The van der Waals surface area contributed by atoms with E-state index in [0.717, 1.165) is 5.69 Å². The Morgan fingerprint density at radius 2 is 2.41 bits per heavy atom. The van der Waals surface area contributed by atoms with Gasteiger partial charge in [0, 0.05) is 30.5 Å². The van der Waals surface area contributed by atoms with Crippen LogP contribution in [0.2, 0.25) is 0 Å². The zero-order chi connectivity index (χ0) is 11.5. The first-order valence-corrected chi connectivity index (χ1v) is 5.26. The highest BCUT2D eigenvalue weighted by atomic mass is 35.5. The number of carbonyl (C=O) groups is 1. The molecule has 6 heteroatoms. The topological polar surface area (TPSA) is 54.0 Å². The Labute approximate surface area is 105 Å². The summed E-state index contributed by atoms with van der Waals surface area (Å²) in [7, 11) is 0. The second-order valence-electron chi connectivity index (χ2n) is 3.97. The minimum atomic E-state index is -0.921. The molecule has 1 saturated heterocycles. The standard InChI is InChI=1S/C11H14FN3O.ClH/c1-7-4-9(2-3-13-7)15-11(16)10-5-8(12)6-14-10;/h2-4,8,10,14H,5-6H2,1H3,(H,13,15,16);1H/t8-,10+;/m1./s1. The van der Waals surface area contributed by atoms with E-state index < -0.39 is 12.2 Å². The molecule has 1 aliphatic rings. The van der Waals surface area contributed by atoms with Gasteiger partial charge in [-0.05, 0) is 19.1 Å². The highest BCUT2D eigenvalue weighted by Crippen LogP contribution is 2.13. The Bertz CT molecular complexity index is 402. The molecule has 2 rings (SSSR count). The van der Waals surface area contributed by atoms with Gasteiger partial charge in [-0.1, -0.05) is 0 Å². The normalized spacial score (nSPS) is 22.9. The molecule has 0 spiro atoms. The van der Waals surface area contributed by atoms with E-state index in [-0.39, 0.29) is 31.3 Å². The van der Waals surface area contributed by atoms with Gasteiger partial charge in [0.05, 0.1) is 6.04 Å². The molecule has 0 unspecified atom stereocenters. The molecule has 0 bridgehead atoms. The average Bonchev–Trinajstić information content (AvgIpc) is 2.65. The highest BCUT2D eigenvalue weighted by Gasteiger charge is 2.29. The zero-order valence-electron chi connectivity index (χ0n) is 9.44. The molecule has 2 atom stereocenters. The number of aryl methyl sites for hydroxylation is 1. The van der Waals surface area contributed by atoms with E-state index in [1.54, 1.807) is 18.3 Å². The maximum absolute atomic E-state index is 12.9. The number of halogens is 2. The van der Waals surface area contributed by atoms with E-state index in [1.807, 2.05) is 6.92 Å². The molecule has 0 saturated carbocycles. The fraction of sp³-hybridized carbons (Fsp3) is 0.455. The summed E-state index contributed by atoms with van der Waals surface area (Å²) in [5.41, 5.74) is 1.53. The van der Waals surface area contributed by atoms with Crippen LogP contribution in [0.4, 0.5) is 10.1 Å². The first-order chi connectivity index (χ1) is 7.65. The van der Waals surface area contributed by atoms with Gasteiger partial charge in [-0.3, -0.25) is 9.78 Å². The predicted molar refractivity (Wildman–Crippen MR) is 66.2 cm³/mol. The van der Waals surface area contributed by atoms with E-state index in [2.05, 4.69) is 15.6 Å². The van der Waals surface area contributed by atoms with Crippen LogP contribution in [0, 0.1) is 6.92 Å². The molecule has 0 radical (unpaired) electrons. The number of hydrogen-bond acceptors (Lipinski definition) is 3. The summed E-state index contributed by atoms with van der Waals surface area (Å²) in [5.74, 6) is -0.189. The molecular weight excluding hydrogens is 245 g/mol. The number of carbonyl (C=O) groups excluding carboxylic acids is 1. The summed E-state index contributed by atoms with van der Waals surface area (Å²) in [6.07, 6.45) is 0.955. The second-order valence-corrected chi connectivity index (χ2v) is 3.97. The summed E-state index contributed by atoms with van der Waals surface area (Å²) < 4.78 is 12.9. The number of amides is 1. The SMILES string of the molecule is Cc1cc(NC(=O)[C@@H]2C[C@@H](F)CN2)ccn1.Cl. The maximum Gasteiger partial charge on any atom is 0.241 e. The predicted octanol–water partition coefficient (Wildman–Crippen LogP) is 1.45. The number of aromatic nitrogens is 1. The van der Waals surface area contributed by atoms with Gasteiger partial charge in [0.1, 0.15) is 6.17 Å². The molecule has 1 aromatic rings. The Morgan fingerprint density at radius 1 is 1.65 bits per heavy atom. The second kappa shape index (κ2) is 5.93. The van der Waals surface area contributed by atoms with Gasteiger partial charge in [-0.2, -0.15) is 0 Å². The van der Waals surface area contributed by atoms with Crippen LogP contribution in [0.15, 0.2) is 18.3 Å². The van der Waals surface area contributed by atoms with Crippen LogP contribution >= 0.6 is 12.4 Å². The Balaban J connectivity index is 0.00000144. The minimum Gasteiger partial charge on any atom is -0.325 e. The van der Waals surface area contributed by atoms with Crippen LogP contribution < -0.4 is 10.6 Å². The van der Waals surface area contributed by atoms with Crippen LogP contribution in [-0.4, -0.2) is 29.6 Å². The lowest BCUT2D eigenvalue weighted by Gasteiger charge is -2.10. The molecule has 1 fully saturated rings. The van der Waals surface area contributed by atoms with Crippen molar-refractivity contribution >= 4 is 24.0 Å². The lowest BCUT2D eigenvalue weighted by molar-refractivity contribution is -0.117. The summed E-state index contributed by atoms with van der Waals surface area (Å²) in [6, 6.07) is 3.07. The van der Waals surface area contributed by atoms with E-state index >= 15 is 0 Å². The minimum absolute atomic E-state index is 0. The summed E-state index contributed by atoms with van der Waals surface area (Å²) in [4.78, 5) is 15.7. The van der Waals surface area contributed by atoms with Crippen molar-refractivity contribution in [3.8, 4) is 0 Å². The number of anilines is 1. The molecule has 1 aromatic heterocycles. The molecule has 94 valence electrons. The summed E-state index contributed by atoms with van der Waals surface area (Å²) in [6.45, 7) is 2.11. The Hall–Kier alpha value is -1.20. The van der Waals surface area contributed by atoms with E-state index in [4.69, 9.17) is 0 Å². The highest BCUT2D eigenvalue weighted by molar-refractivity contribution is 5.95. The van der Waals surface area contributed by atoms with Crippen molar-refractivity contribution in [1.29, 1.82) is 0 Å². The molecule has 0 aromatic carbocycles. The van der Waals surface area contributed by atoms with Gasteiger partial charge < -0.3 is 10.6 Å². The van der Waals surface area contributed by atoms with Crippen molar-refractivity contribution in [1.82, 2.24) is 10.3 Å². The van der Waals surface area contributed by atoms with Crippen LogP contribution in [0.3, 0.4) is 0 Å². The molecule has 4 nitrogen and oxygen atoms in total. The largest absolute Gasteiger partial charge is 0.325 e. The van der Waals surface area contributed by atoms with Gasteiger partial charge >= 0.3 is 0 Å². The van der Waals surface area contributed by atoms with Crippen LogP contribution in [0.1, 0.15) is 12.1 Å². The fourth-order valence-corrected chi connectivity index (χ4v) is 1.74. The van der Waals surface area contributed by atoms with Crippen LogP contribution in [0.25, 0.3) is 0 Å². The lowest BCUT2D eigenvalue weighted by atomic mass is 10.2. The van der Waals surface area contributed by atoms with Crippen LogP contribution in [-0.2, 0) is 4.79 Å². The Morgan fingerprint density at radius 3 is 3.00 bits per heavy atom. The third-order valence-electron chi connectivity index (χ3n) is 2.56. The maximum atomic E-state index is 12.9. The molecule has 2 N–H and O–H groups in total. The summed E-state index contributed by atoms with van der Waals surface area (Å²) >= 11 is 0. The van der Waals surface area contributed by atoms with Crippen molar-refractivity contribution in [3.63, 3.8) is 0 Å². The van der Waals surface area contributed by atoms with Gasteiger partial charge in [-0.25, -0.2) is 4.39 Å². The lowest BCUT2D eigenvalue weighted by Crippen LogP contribution is -2.35. The van der Waals surface area contributed by atoms with Crippen molar-refractivity contribution in [3.05, 3.63) is 24.0 Å². The van der Waals surface area contributed by atoms with Gasteiger partial charge in [0.15, 0.2) is 0 Å². The number of rotatable bonds is 2. The molecule has 1 amide bonds. The fourth-order valence-electron chi connectivity index (χ4n) is 1.74. The average molecular weight is 260 g/mol. The van der Waals surface area contributed by atoms with E-state index in [9.17, 15) is 9.18 Å². The smallest absolute Gasteiger partial charge is 0.241 e. The van der Waals surface area contributed by atoms with Crippen molar-refractivity contribution in [2.24, 2.45) is 0 Å². The van der Waals surface area contributed by atoms with E-state index in [0.29, 0.717) is 5.69 Å². The van der Waals surface area contributed by atoms with Crippen molar-refractivity contribution in [2.75, 3.05) is 11.9 Å². The van der Waals surface area contributed by atoms with Crippen molar-refractivity contribution in [2.45, 2.75) is 25.6 Å². The molecule has 2 heterocycles. The Kier molecular flexibility index (Phi) is 4.84. The monoisotopic (exact) mass is 259 g/mol. The zero-order valence-corrected chi connectivity index (χ0v) is 10.3. The number of hydrogen-bond donors (Lipinski definition) is 2. The number of alkyl halides is 1. The first-order valence-electron chi connectivity index (χ1n) is 5.26. The third-order valence-corrected chi connectivity index (χ3v) is 2.56. The number of nitrogens with one attached hydrogen (secondary N) is 2.